The van der Waals surface area contributed by atoms with E-state index in [2.05, 4.69) is 0 Å². The Morgan fingerprint density at radius 3 is 2.07 bits per heavy atom. The van der Waals surface area contributed by atoms with Gasteiger partial charge in [0, 0.05) is 6.61 Å². The number of carboxylic acids is 2. The smallest absolute Gasteiger partial charge is 0.339 e. The highest BCUT2D eigenvalue weighted by Gasteiger charge is 2.48. The number of carboxylic acid groups (broad SMARTS) is 2. The van der Waals surface area contributed by atoms with Gasteiger partial charge in [-0.15, -0.1) is 0 Å². The van der Waals surface area contributed by atoms with Crippen LogP contribution in [-0.2, 0) is 14.3 Å². The third kappa shape index (κ3) is 2.21. The van der Waals surface area contributed by atoms with Crippen molar-refractivity contribution < 1.29 is 29.6 Å². The third-order valence-electron chi connectivity index (χ3n) is 1.96. The lowest BCUT2D eigenvalue weighted by Gasteiger charge is -2.30. The second kappa shape index (κ2) is 4.92. The molecule has 2 atom stereocenters. The van der Waals surface area contributed by atoms with Crippen LogP contribution in [0.3, 0.4) is 0 Å². The predicted molar refractivity (Wildman–Crippen MR) is 45.9 cm³/mol. The topological polar surface area (TPSA) is 104 Å². The van der Waals surface area contributed by atoms with Gasteiger partial charge in [0.25, 0.3) is 0 Å². The molecule has 3 N–H and O–H groups in total. The molecule has 14 heavy (non-hydrogen) atoms. The number of hydrogen-bond donors (Lipinski definition) is 3. The first-order valence-corrected chi connectivity index (χ1v) is 4.20. The molecule has 82 valence electrons. The van der Waals surface area contributed by atoms with Gasteiger partial charge in [0.2, 0.25) is 5.60 Å². The minimum atomic E-state index is -2.06. The van der Waals surface area contributed by atoms with Crippen LogP contribution >= 0.6 is 0 Å². The van der Waals surface area contributed by atoms with Gasteiger partial charge in [0.1, 0.15) is 0 Å². The van der Waals surface area contributed by atoms with Crippen molar-refractivity contribution in [1.29, 1.82) is 0 Å². The quantitative estimate of drug-likeness (QED) is 0.551. The van der Waals surface area contributed by atoms with Crippen LogP contribution in [0.2, 0.25) is 0 Å². The summed E-state index contributed by atoms with van der Waals surface area (Å²) in [5.41, 5.74) is -2.05. The maximum Gasteiger partial charge on any atom is 0.339 e. The second-order valence-corrected chi connectivity index (χ2v) is 2.72. The van der Waals surface area contributed by atoms with Crippen LogP contribution in [0.1, 0.15) is 20.3 Å². The number of carbonyl (C=O) groups is 2. The molecule has 0 amide bonds. The fourth-order valence-corrected chi connectivity index (χ4v) is 1.16. The summed E-state index contributed by atoms with van der Waals surface area (Å²) in [6, 6.07) is 0. The lowest BCUT2D eigenvalue weighted by atomic mass is 9.93. The molecule has 0 radical (unpaired) electrons. The molecule has 0 aromatic heterocycles. The monoisotopic (exact) mass is 206 g/mol. The van der Waals surface area contributed by atoms with Gasteiger partial charge in [-0.1, -0.05) is 6.92 Å². The minimum absolute atomic E-state index is 0.0183. The Labute approximate surface area is 81.1 Å². The van der Waals surface area contributed by atoms with Crippen LogP contribution < -0.4 is 0 Å². The predicted octanol–water partition coefficient (Wildman–Crippen LogP) is -0.298. The molecule has 0 saturated heterocycles. The maximum atomic E-state index is 10.8. The molecule has 0 saturated carbocycles. The second-order valence-electron chi connectivity index (χ2n) is 2.72. The standard InChI is InChI=1S/C8H14O6/c1-3-8(7(12)13,14-4-2)5(9)6(10)11/h5,9H,3-4H2,1-2H3,(H,10,11)(H,12,13)/t5-,8+/m0/s1. The molecule has 6 nitrogen and oxygen atoms in total. The van der Waals surface area contributed by atoms with Crippen molar-refractivity contribution in [3.05, 3.63) is 0 Å². The number of hydrogen-bond acceptors (Lipinski definition) is 4. The van der Waals surface area contributed by atoms with Crippen molar-refractivity contribution in [2.24, 2.45) is 0 Å². The molecule has 6 heteroatoms. The van der Waals surface area contributed by atoms with Crippen molar-refractivity contribution in [3.8, 4) is 0 Å². The van der Waals surface area contributed by atoms with Crippen LogP contribution in [0, 0.1) is 0 Å². The van der Waals surface area contributed by atoms with Gasteiger partial charge in [0.15, 0.2) is 6.10 Å². The van der Waals surface area contributed by atoms with E-state index in [1.807, 2.05) is 0 Å². The van der Waals surface area contributed by atoms with Crippen molar-refractivity contribution in [3.63, 3.8) is 0 Å². The fraction of sp³-hybridized carbons (Fsp3) is 0.750. The summed E-state index contributed by atoms with van der Waals surface area (Å²) in [4.78, 5) is 21.3. The van der Waals surface area contributed by atoms with E-state index in [-0.39, 0.29) is 13.0 Å². The van der Waals surface area contributed by atoms with Crippen LogP contribution in [-0.4, -0.2) is 45.6 Å². The first-order chi connectivity index (χ1) is 6.42. The van der Waals surface area contributed by atoms with Gasteiger partial charge >= 0.3 is 11.9 Å². The molecule has 0 aliphatic rings. The molecule has 0 aliphatic carbocycles. The molecule has 0 aromatic carbocycles. The highest BCUT2D eigenvalue weighted by Crippen LogP contribution is 2.21. The van der Waals surface area contributed by atoms with Crippen LogP contribution in [0.15, 0.2) is 0 Å². The average Bonchev–Trinajstić information content (AvgIpc) is 2.12. The van der Waals surface area contributed by atoms with E-state index in [1.165, 1.54) is 13.8 Å². The molecule has 0 unspecified atom stereocenters. The Balaban J connectivity index is 5.02. The van der Waals surface area contributed by atoms with Crippen LogP contribution in [0.5, 0.6) is 0 Å². The molecule has 0 spiro atoms. The Morgan fingerprint density at radius 1 is 1.36 bits per heavy atom. The van der Waals surface area contributed by atoms with Gasteiger partial charge in [-0.05, 0) is 13.3 Å². The molecule has 0 aromatic rings. The number of ether oxygens (including phenoxy) is 1. The molecular weight excluding hydrogens is 192 g/mol. The molecule has 0 rings (SSSR count). The molecule has 0 bridgehead atoms. The highest BCUT2D eigenvalue weighted by molar-refractivity contribution is 5.87. The average molecular weight is 206 g/mol. The van der Waals surface area contributed by atoms with Gasteiger partial charge in [0.05, 0.1) is 0 Å². The summed E-state index contributed by atoms with van der Waals surface area (Å²) in [6.45, 7) is 2.99. The lowest BCUT2D eigenvalue weighted by molar-refractivity contribution is -0.193. The van der Waals surface area contributed by atoms with Crippen molar-refractivity contribution in [2.75, 3.05) is 6.61 Å². The molecule has 0 aliphatic heterocycles. The van der Waals surface area contributed by atoms with E-state index in [9.17, 15) is 14.7 Å². The largest absolute Gasteiger partial charge is 0.479 e. The zero-order valence-corrected chi connectivity index (χ0v) is 8.06. The van der Waals surface area contributed by atoms with Crippen molar-refractivity contribution in [2.45, 2.75) is 32.0 Å². The van der Waals surface area contributed by atoms with Crippen molar-refractivity contribution in [1.82, 2.24) is 0 Å². The molecule has 0 heterocycles. The number of rotatable bonds is 6. The van der Waals surface area contributed by atoms with Crippen molar-refractivity contribution >= 4 is 11.9 Å². The fourth-order valence-electron chi connectivity index (χ4n) is 1.16. The summed E-state index contributed by atoms with van der Waals surface area (Å²) in [6.07, 6.45) is -2.19. The summed E-state index contributed by atoms with van der Waals surface area (Å²) in [5, 5.41) is 26.6. The number of aliphatic hydroxyl groups is 1. The zero-order valence-electron chi connectivity index (χ0n) is 8.06. The van der Waals surface area contributed by atoms with Gasteiger partial charge in [-0.2, -0.15) is 0 Å². The SMILES string of the molecule is CCO[C@@](CC)(C(=O)O)[C@@H](O)C(=O)O. The van der Waals surface area contributed by atoms with E-state index in [0.29, 0.717) is 0 Å². The first kappa shape index (κ1) is 12.9. The van der Waals surface area contributed by atoms with Crippen LogP contribution in [0.4, 0.5) is 0 Å². The maximum absolute atomic E-state index is 10.8. The summed E-state index contributed by atoms with van der Waals surface area (Å²) in [7, 11) is 0. The molecular formula is C8H14O6. The minimum Gasteiger partial charge on any atom is -0.479 e. The highest BCUT2D eigenvalue weighted by atomic mass is 16.5. The van der Waals surface area contributed by atoms with E-state index in [1.54, 1.807) is 0 Å². The Morgan fingerprint density at radius 2 is 1.86 bits per heavy atom. The van der Waals surface area contributed by atoms with E-state index in [0.717, 1.165) is 0 Å². The van der Waals surface area contributed by atoms with Gasteiger partial charge in [-0.3, -0.25) is 0 Å². The van der Waals surface area contributed by atoms with E-state index >= 15 is 0 Å². The number of aliphatic carboxylic acids is 2. The molecule has 0 fully saturated rings. The Hall–Kier alpha value is -1.14. The van der Waals surface area contributed by atoms with E-state index < -0.39 is 23.6 Å². The van der Waals surface area contributed by atoms with Crippen LogP contribution in [0.25, 0.3) is 0 Å². The lowest BCUT2D eigenvalue weighted by Crippen LogP contribution is -2.54. The zero-order chi connectivity index (χ0) is 11.4. The van der Waals surface area contributed by atoms with E-state index in [4.69, 9.17) is 14.9 Å². The number of aliphatic hydroxyl groups excluding tert-OH is 1. The van der Waals surface area contributed by atoms with Gasteiger partial charge < -0.3 is 20.1 Å². The normalized spacial score (nSPS) is 17.1. The Bertz CT molecular complexity index is 226. The summed E-state index contributed by atoms with van der Waals surface area (Å²) < 4.78 is 4.83. The first-order valence-electron chi connectivity index (χ1n) is 4.20. The van der Waals surface area contributed by atoms with Gasteiger partial charge in [-0.25, -0.2) is 9.59 Å². The third-order valence-corrected chi connectivity index (χ3v) is 1.96. The summed E-state index contributed by atoms with van der Waals surface area (Å²) >= 11 is 0. The summed E-state index contributed by atoms with van der Waals surface area (Å²) in [5.74, 6) is -3.08. The Kier molecular flexibility index (Phi) is 4.52.